The van der Waals surface area contributed by atoms with Crippen molar-refractivity contribution in [1.29, 1.82) is 0 Å². The van der Waals surface area contributed by atoms with Crippen LogP contribution in [0.15, 0.2) is 41.8 Å². The maximum atomic E-state index is 10.8. The Kier molecular flexibility index (Phi) is 3.21. The normalized spacial score (nSPS) is 16.0. The molecule has 0 saturated heterocycles. The van der Waals surface area contributed by atoms with Gasteiger partial charge in [-0.15, -0.1) is 11.3 Å². The van der Waals surface area contributed by atoms with Gasteiger partial charge in [-0.1, -0.05) is 12.1 Å². The van der Waals surface area contributed by atoms with E-state index in [1.807, 2.05) is 12.1 Å². The summed E-state index contributed by atoms with van der Waals surface area (Å²) in [4.78, 5) is 11.7. The summed E-state index contributed by atoms with van der Waals surface area (Å²) in [6.07, 6.45) is 2.45. The lowest BCUT2D eigenvalue weighted by atomic mass is 10.1. The number of hydrogen-bond donors (Lipinski definition) is 1. The van der Waals surface area contributed by atoms with E-state index in [0.29, 0.717) is 5.92 Å². The fourth-order valence-electron chi connectivity index (χ4n) is 2.21. The summed E-state index contributed by atoms with van der Waals surface area (Å²) < 4.78 is 0. The van der Waals surface area contributed by atoms with E-state index >= 15 is 0 Å². The molecule has 1 saturated carbocycles. The molecule has 0 aliphatic heterocycles. The molecule has 1 aromatic heterocycles. The Hall–Kier alpha value is -1.88. The first-order valence-electron chi connectivity index (χ1n) is 6.28. The number of hydrogen-bond acceptors (Lipinski definition) is 4. The molecule has 1 aromatic carbocycles. The molecule has 0 bridgehead atoms. The summed E-state index contributed by atoms with van der Waals surface area (Å²) in [6, 6.07) is 11.2. The SMILES string of the molecule is O=[N+]([O-])c1cccc(NC(c2cccs2)C2CC2)c1. The summed E-state index contributed by atoms with van der Waals surface area (Å²) in [7, 11) is 0. The van der Waals surface area contributed by atoms with Crippen molar-refractivity contribution >= 4 is 22.7 Å². The Labute approximate surface area is 115 Å². The Morgan fingerprint density at radius 3 is 2.79 bits per heavy atom. The predicted octanol–water partition coefficient (Wildman–Crippen LogP) is 4.22. The molecule has 1 atom stereocenters. The standard InChI is InChI=1S/C14H14N2O2S/c17-16(18)12-4-1-3-11(9-12)15-14(10-6-7-10)13-5-2-8-19-13/h1-5,8-10,14-15H,6-7H2. The molecule has 0 radical (unpaired) electrons. The first kappa shape index (κ1) is 12.2. The highest BCUT2D eigenvalue weighted by Crippen LogP contribution is 2.44. The molecule has 2 aromatic rings. The number of benzene rings is 1. The number of thiophene rings is 1. The van der Waals surface area contributed by atoms with Crippen LogP contribution in [0.3, 0.4) is 0 Å². The average molecular weight is 274 g/mol. The second kappa shape index (κ2) is 5.01. The van der Waals surface area contributed by atoms with E-state index in [0.717, 1.165) is 5.69 Å². The summed E-state index contributed by atoms with van der Waals surface area (Å²) in [6.45, 7) is 0. The Morgan fingerprint density at radius 1 is 1.32 bits per heavy atom. The van der Waals surface area contributed by atoms with Crippen molar-refractivity contribution in [1.82, 2.24) is 0 Å². The molecule has 0 spiro atoms. The number of nitrogens with zero attached hydrogens (tertiary/aromatic N) is 1. The summed E-state index contributed by atoms with van der Waals surface area (Å²) in [5, 5.41) is 16.3. The average Bonchev–Trinajstić information content (AvgIpc) is 3.11. The van der Waals surface area contributed by atoms with Crippen molar-refractivity contribution in [3.05, 3.63) is 56.8 Å². The van der Waals surface area contributed by atoms with E-state index in [-0.39, 0.29) is 16.7 Å². The molecule has 3 rings (SSSR count). The number of non-ortho nitro benzene ring substituents is 1. The fraction of sp³-hybridized carbons (Fsp3) is 0.286. The highest BCUT2D eigenvalue weighted by molar-refractivity contribution is 7.10. The van der Waals surface area contributed by atoms with Gasteiger partial charge in [-0.25, -0.2) is 0 Å². The minimum atomic E-state index is -0.359. The Bertz CT molecular complexity index is 579. The summed E-state index contributed by atoms with van der Waals surface area (Å²) in [5.41, 5.74) is 0.949. The van der Waals surface area contributed by atoms with Crippen molar-refractivity contribution in [3.8, 4) is 0 Å². The molecule has 1 N–H and O–H groups in total. The predicted molar refractivity (Wildman–Crippen MR) is 76.5 cm³/mol. The molecule has 19 heavy (non-hydrogen) atoms. The zero-order valence-electron chi connectivity index (χ0n) is 10.3. The van der Waals surface area contributed by atoms with Crippen LogP contribution in [0.5, 0.6) is 0 Å². The fourth-order valence-corrected chi connectivity index (χ4v) is 3.08. The third kappa shape index (κ3) is 2.76. The van der Waals surface area contributed by atoms with Crippen LogP contribution in [-0.2, 0) is 0 Å². The van der Waals surface area contributed by atoms with Crippen molar-refractivity contribution in [2.75, 3.05) is 5.32 Å². The van der Waals surface area contributed by atoms with E-state index < -0.39 is 0 Å². The highest BCUT2D eigenvalue weighted by Gasteiger charge is 2.33. The van der Waals surface area contributed by atoms with Crippen LogP contribution in [0.4, 0.5) is 11.4 Å². The molecule has 1 aliphatic carbocycles. The molecule has 1 aliphatic rings. The van der Waals surface area contributed by atoms with E-state index in [2.05, 4.69) is 16.8 Å². The van der Waals surface area contributed by atoms with E-state index in [4.69, 9.17) is 0 Å². The van der Waals surface area contributed by atoms with Gasteiger partial charge in [0.25, 0.3) is 5.69 Å². The van der Waals surface area contributed by atoms with Gasteiger partial charge < -0.3 is 5.32 Å². The van der Waals surface area contributed by atoms with Gasteiger partial charge in [0.15, 0.2) is 0 Å². The number of anilines is 1. The lowest BCUT2D eigenvalue weighted by molar-refractivity contribution is -0.384. The Morgan fingerprint density at radius 2 is 2.16 bits per heavy atom. The largest absolute Gasteiger partial charge is 0.377 e. The third-order valence-electron chi connectivity index (χ3n) is 3.32. The molecular formula is C14H14N2O2S. The third-order valence-corrected chi connectivity index (χ3v) is 4.28. The second-order valence-electron chi connectivity index (χ2n) is 4.78. The van der Waals surface area contributed by atoms with Crippen molar-refractivity contribution < 1.29 is 4.92 Å². The second-order valence-corrected chi connectivity index (χ2v) is 5.76. The van der Waals surface area contributed by atoms with Crippen LogP contribution in [0.25, 0.3) is 0 Å². The zero-order chi connectivity index (χ0) is 13.2. The molecule has 5 heteroatoms. The van der Waals surface area contributed by atoms with Crippen LogP contribution >= 0.6 is 11.3 Å². The number of nitro groups is 1. The van der Waals surface area contributed by atoms with Crippen LogP contribution < -0.4 is 5.32 Å². The smallest absolute Gasteiger partial charge is 0.271 e. The first-order chi connectivity index (χ1) is 9.24. The molecule has 98 valence electrons. The van der Waals surface area contributed by atoms with E-state index in [1.165, 1.54) is 23.8 Å². The van der Waals surface area contributed by atoms with Gasteiger partial charge in [0.05, 0.1) is 11.0 Å². The highest BCUT2D eigenvalue weighted by atomic mass is 32.1. The van der Waals surface area contributed by atoms with Gasteiger partial charge in [0.1, 0.15) is 0 Å². The minimum Gasteiger partial charge on any atom is -0.377 e. The van der Waals surface area contributed by atoms with Gasteiger partial charge >= 0.3 is 0 Å². The van der Waals surface area contributed by atoms with Crippen molar-refractivity contribution in [3.63, 3.8) is 0 Å². The lowest BCUT2D eigenvalue weighted by Crippen LogP contribution is -2.11. The van der Waals surface area contributed by atoms with Gasteiger partial charge in [0.2, 0.25) is 0 Å². The van der Waals surface area contributed by atoms with Gasteiger partial charge in [0, 0.05) is 22.7 Å². The van der Waals surface area contributed by atoms with Gasteiger partial charge in [-0.05, 0) is 36.3 Å². The van der Waals surface area contributed by atoms with E-state index in [1.54, 1.807) is 23.5 Å². The summed E-state index contributed by atoms with van der Waals surface area (Å²) in [5.74, 6) is 0.651. The lowest BCUT2D eigenvalue weighted by Gasteiger charge is -2.18. The van der Waals surface area contributed by atoms with Crippen molar-refractivity contribution in [2.24, 2.45) is 5.92 Å². The van der Waals surface area contributed by atoms with Crippen LogP contribution in [0, 0.1) is 16.0 Å². The summed E-state index contributed by atoms with van der Waals surface area (Å²) >= 11 is 1.73. The Balaban J connectivity index is 1.82. The van der Waals surface area contributed by atoms with Crippen molar-refractivity contribution in [2.45, 2.75) is 18.9 Å². The van der Waals surface area contributed by atoms with Gasteiger partial charge in [-0.3, -0.25) is 10.1 Å². The van der Waals surface area contributed by atoms with E-state index in [9.17, 15) is 10.1 Å². The molecular weight excluding hydrogens is 260 g/mol. The monoisotopic (exact) mass is 274 g/mol. The zero-order valence-corrected chi connectivity index (χ0v) is 11.1. The van der Waals surface area contributed by atoms with Gasteiger partial charge in [-0.2, -0.15) is 0 Å². The number of nitro benzene ring substituents is 1. The number of nitrogens with one attached hydrogen (secondary N) is 1. The molecule has 1 fully saturated rings. The minimum absolute atomic E-state index is 0.130. The molecule has 4 nitrogen and oxygen atoms in total. The quantitative estimate of drug-likeness (QED) is 0.656. The topological polar surface area (TPSA) is 55.2 Å². The first-order valence-corrected chi connectivity index (χ1v) is 7.16. The molecule has 0 amide bonds. The molecule has 1 heterocycles. The van der Waals surface area contributed by atoms with Crippen LogP contribution in [0.1, 0.15) is 23.8 Å². The van der Waals surface area contributed by atoms with Crippen LogP contribution in [-0.4, -0.2) is 4.92 Å². The molecule has 1 unspecified atom stereocenters. The maximum Gasteiger partial charge on any atom is 0.271 e. The number of rotatable bonds is 5. The maximum absolute atomic E-state index is 10.8. The van der Waals surface area contributed by atoms with Crippen LogP contribution in [0.2, 0.25) is 0 Å².